The van der Waals surface area contributed by atoms with Crippen LogP contribution in [-0.2, 0) is 21.9 Å². The predicted molar refractivity (Wildman–Crippen MR) is 126 cm³/mol. The van der Waals surface area contributed by atoms with Crippen LogP contribution >= 0.6 is 0 Å². The number of nitrogens with zero attached hydrogens (tertiary/aromatic N) is 1. The van der Waals surface area contributed by atoms with Crippen molar-refractivity contribution in [1.82, 2.24) is 4.90 Å². The standard InChI is InChI=1S/C17H43NO6Si4/c1-25(2,3)22-27(7,8)24-28(9,23-26(4,5)6)12-10-11-18-14-15(17(20)21)13-16(18)19/h15,25-28H,10-14H2,1-9H3,(H,20,21)/q-4. The Labute approximate surface area is 174 Å². The Kier molecular flexibility index (Phi) is 8.48. The van der Waals surface area contributed by atoms with Gasteiger partial charge in [0.1, 0.15) is 0 Å². The Bertz CT molecular complexity index is 575. The van der Waals surface area contributed by atoms with E-state index < -0.39 is 45.6 Å². The van der Waals surface area contributed by atoms with Crippen molar-refractivity contribution in [3.8, 4) is 0 Å². The molecule has 0 aromatic heterocycles. The van der Waals surface area contributed by atoms with E-state index in [1.54, 1.807) is 4.90 Å². The van der Waals surface area contributed by atoms with Gasteiger partial charge in [-0.15, -0.1) is 0 Å². The van der Waals surface area contributed by atoms with Crippen molar-refractivity contribution in [3.63, 3.8) is 0 Å². The zero-order chi connectivity index (χ0) is 22.0. The third-order valence-electron chi connectivity index (χ3n) is 4.77. The van der Waals surface area contributed by atoms with Crippen molar-refractivity contribution >= 4 is 45.6 Å². The Hall–Kier alpha value is -0.312. The summed E-state index contributed by atoms with van der Waals surface area (Å²) >= 11 is 0. The van der Waals surface area contributed by atoms with Crippen LogP contribution in [0.1, 0.15) is 12.8 Å². The molecular weight excluding hydrogens is 427 g/mol. The molecule has 1 heterocycles. The van der Waals surface area contributed by atoms with Gasteiger partial charge in [0.15, 0.2) is 0 Å². The molecule has 1 amide bonds. The van der Waals surface area contributed by atoms with E-state index in [2.05, 4.69) is 58.9 Å². The fourth-order valence-corrected chi connectivity index (χ4v) is 28.5. The average molecular weight is 470 g/mol. The molecule has 1 aliphatic heterocycles. The molecule has 0 saturated carbocycles. The molecule has 1 atom stereocenters. The molecule has 0 aromatic rings. The van der Waals surface area contributed by atoms with Gasteiger partial charge in [-0.05, 0) is 0 Å². The summed E-state index contributed by atoms with van der Waals surface area (Å²) in [5, 5.41) is 9.14. The number of hydrogen-bond acceptors (Lipinski definition) is 5. The van der Waals surface area contributed by atoms with Crippen LogP contribution in [0.5, 0.6) is 0 Å². The number of aliphatic carboxylic acids is 1. The van der Waals surface area contributed by atoms with Gasteiger partial charge in [0.2, 0.25) is 0 Å². The van der Waals surface area contributed by atoms with Gasteiger partial charge in [0.25, 0.3) is 0 Å². The minimum absolute atomic E-state index is 0.0622. The van der Waals surface area contributed by atoms with E-state index in [1.807, 2.05) is 0 Å². The van der Waals surface area contributed by atoms with Gasteiger partial charge in [-0.2, -0.15) is 0 Å². The Morgan fingerprint density at radius 2 is 1.54 bits per heavy atom. The summed E-state index contributed by atoms with van der Waals surface area (Å²) in [6, 6.07) is 0.813. The van der Waals surface area contributed by atoms with E-state index in [0.29, 0.717) is 13.1 Å². The summed E-state index contributed by atoms with van der Waals surface area (Å²) < 4.78 is 19.8. The predicted octanol–water partition coefficient (Wildman–Crippen LogP) is 2.73. The van der Waals surface area contributed by atoms with Gasteiger partial charge in [0, 0.05) is 0 Å². The van der Waals surface area contributed by atoms with E-state index >= 15 is 0 Å². The Balaban J connectivity index is 2.76. The van der Waals surface area contributed by atoms with Crippen molar-refractivity contribution in [3.05, 3.63) is 0 Å². The fraction of sp³-hybridized carbons (Fsp3) is 0.882. The first-order valence-electron chi connectivity index (χ1n) is 11.0. The number of carbonyl (C=O) groups is 2. The number of carbonyl (C=O) groups excluding carboxylic acids is 1. The average Bonchev–Trinajstić information content (AvgIpc) is 2.74. The summed E-state index contributed by atoms with van der Waals surface area (Å²) in [6.07, 6.45) is 0.889. The molecule has 172 valence electrons. The summed E-state index contributed by atoms with van der Waals surface area (Å²) in [6.45, 7) is 20.5. The topological polar surface area (TPSA) is 85.3 Å². The van der Waals surface area contributed by atoms with Gasteiger partial charge >= 0.3 is 174 Å². The molecule has 28 heavy (non-hydrogen) atoms. The molecule has 11 heteroatoms. The van der Waals surface area contributed by atoms with Gasteiger partial charge in [-0.1, -0.05) is 0 Å². The molecule has 1 rings (SSSR count). The molecule has 0 spiro atoms. The molecule has 0 aliphatic carbocycles. The summed E-state index contributed by atoms with van der Waals surface area (Å²) in [5.74, 6) is -1.52. The van der Waals surface area contributed by atoms with E-state index in [-0.39, 0.29) is 12.3 Å². The molecule has 0 aromatic carbocycles. The monoisotopic (exact) mass is 469 g/mol. The van der Waals surface area contributed by atoms with E-state index in [1.165, 1.54) is 0 Å². The van der Waals surface area contributed by atoms with Crippen LogP contribution in [-0.4, -0.2) is 68.7 Å². The van der Waals surface area contributed by atoms with Gasteiger partial charge in [-0.3, -0.25) is 0 Å². The number of carboxylic acid groups (broad SMARTS) is 1. The van der Waals surface area contributed by atoms with Gasteiger partial charge in [-0.25, -0.2) is 0 Å². The molecule has 1 saturated heterocycles. The van der Waals surface area contributed by atoms with Crippen LogP contribution in [0.15, 0.2) is 0 Å². The van der Waals surface area contributed by atoms with Crippen LogP contribution < -0.4 is 0 Å². The van der Waals surface area contributed by atoms with Crippen LogP contribution in [0.2, 0.25) is 65.0 Å². The van der Waals surface area contributed by atoms with Crippen molar-refractivity contribution in [1.29, 1.82) is 0 Å². The summed E-state index contributed by atoms with van der Waals surface area (Å²) in [4.78, 5) is 24.9. The SMILES string of the molecule is C[SiH-](C)(C)O[SiH-](C)(C)O[SiH-](C)(CCCN1CC(C(=O)O)CC1=O)O[SiH-](C)(C)C. The first kappa shape index (κ1) is 25.7. The van der Waals surface area contributed by atoms with Crippen molar-refractivity contribution in [2.45, 2.75) is 77.8 Å². The molecule has 7 nitrogen and oxygen atoms in total. The second kappa shape index (κ2) is 9.23. The number of amides is 1. The summed E-state index contributed by atoms with van der Waals surface area (Å²) in [5.41, 5.74) is 0. The second-order valence-corrected chi connectivity index (χ2v) is 30.9. The Morgan fingerprint density at radius 1 is 1.00 bits per heavy atom. The van der Waals surface area contributed by atoms with Crippen molar-refractivity contribution < 1.29 is 27.0 Å². The van der Waals surface area contributed by atoms with Crippen molar-refractivity contribution in [2.24, 2.45) is 5.92 Å². The van der Waals surface area contributed by atoms with Crippen LogP contribution in [0.25, 0.3) is 0 Å². The Morgan fingerprint density at radius 3 is 1.96 bits per heavy atom. The quantitative estimate of drug-likeness (QED) is 0.468. The normalized spacial score (nSPS) is 21.7. The van der Waals surface area contributed by atoms with Crippen molar-refractivity contribution in [2.75, 3.05) is 13.1 Å². The summed E-state index contributed by atoms with van der Waals surface area (Å²) in [7, 11) is -9.51. The first-order valence-corrected chi connectivity index (χ1v) is 25.0. The van der Waals surface area contributed by atoms with Crippen LogP contribution in [0.3, 0.4) is 0 Å². The number of hydrogen-bond donors (Lipinski definition) is 1. The third-order valence-corrected chi connectivity index (χ3v) is 22.6. The second-order valence-electron chi connectivity index (χ2n) is 11.4. The van der Waals surface area contributed by atoms with E-state index in [0.717, 1.165) is 12.5 Å². The van der Waals surface area contributed by atoms with Crippen LogP contribution in [0.4, 0.5) is 0 Å². The fourth-order valence-electron chi connectivity index (χ4n) is 4.55. The van der Waals surface area contributed by atoms with Gasteiger partial charge < -0.3 is 0 Å². The minimum atomic E-state index is -2.80. The first-order chi connectivity index (χ1) is 12.4. The number of rotatable bonds is 11. The molecule has 1 unspecified atom stereocenters. The number of likely N-dealkylation sites (tertiary alicyclic amines) is 1. The molecule has 0 radical (unpaired) electrons. The van der Waals surface area contributed by atoms with E-state index in [9.17, 15) is 9.59 Å². The third kappa shape index (κ3) is 9.46. The molecule has 1 fully saturated rings. The zero-order valence-electron chi connectivity index (χ0n) is 19.4. The molecule has 0 bridgehead atoms. The molecule has 1 aliphatic rings. The van der Waals surface area contributed by atoms with Gasteiger partial charge in [0.05, 0.1) is 0 Å². The number of carboxylic acids is 1. The zero-order valence-corrected chi connectivity index (χ0v) is 24.0. The van der Waals surface area contributed by atoms with E-state index in [4.69, 9.17) is 17.5 Å². The van der Waals surface area contributed by atoms with Crippen LogP contribution in [0, 0.1) is 5.92 Å². The maximum atomic E-state index is 12.1. The molecule has 1 N–H and O–H groups in total. The molecular formula is C17H43NO6Si4-4. The maximum absolute atomic E-state index is 12.1.